The molecule has 2 aromatic rings. The Morgan fingerprint density at radius 2 is 2.12 bits per heavy atom. The third-order valence-electron chi connectivity index (χ3n) is 3.73. The molecule has 7 nitrogen and oxygen atoms in total. The molecule has 1 atom stereocenters. The predicted molar refractivity (Wildman–Crippen MR) is 101 cm³/mol. The zero-order valence-corrected chi connectivity index (χ0v) is 15.9. The van der Waals surface area contributed by atoms with Gasteiger partial charge in [-0.1, -0.05) is 12.1 Å². The van der Waals surface area contributed by atoms with Gasteiger partial charge < -0.3 is 24.9 Å². The number of nitrogens with zero attached hydrogens (tertiary/aromatic N) is 2. The molecular weight excluding hydrogens is 332 g/mol. The van der Waals surface area contributed by atoms with E-state index in [1.807, 2.05) is 52.0 Å². The number of hydrogen-bond donors (Lipinski definition) is 3. The number of hydrogen-bond acceptors (Lipinski definition) is 5. The number of ether oxygens (including phenoxy) is 1. The van der Waals surface area contributed by atoms with Crippen LogP contribution in [0.3, 0.4) is 0 Å². The minimum atomic E-state index is -0.661. The van der Waals surface area contributed by atoms with Crippen molar-refractivity contribution < 1.29 is 14.3 Å². The van der Waals surface area contributed by atoms with E-state index in [0.717, 1.165) is 22.8 Å². The van der Waals surface area contributed by atoms with E-state index in [1.165, 1.54) is 0 Å². The Balaban J connectivity index is 1.81. The Morgan fingerprint density at radius 1 is 1.31 bits per heavy atom. The zero-order valence-electron chi connectivity index (χ0n) is 15.9. The summed E-state index contributed by atoms with van der Waals surface area (Å²) < 4.78 is 11.1. The Morgan fingerprint density at radius 3 is 2.77 bits per heavy atom. The van der Waals surface area contributed by atoms with Gasteiger partial charge in [0.2, 0.25) is 5.89 Å². The lowest BCUT2D eigenvalue weighted by Gasteiger charge is -2.16. The number of aromatic nitrogens is 1. The van der Waals surface area contributed by atoms with Crippen LogP contribution in [-0.4, -0.2) is 41.9 Å². The molecule has 1 heterocycles. The topological polar surface area (TPSA) is 91.9 Å². The quantitative estimate of drug-likeness (QED) is 0.493. The number of benzene rings is 1. The number of aryl methyl sites for hydroxylation is 3. The van der Waals surface area contributed by atoms with Gasteiger partial charge in [-0.3, -0.25) is 0 Å². The maximum atomic E-state index is 10.1. The highest BCUT2D eigenvalue weighted by atomic mass is 16.5. The second-order valence-electron chi connectivity index (χ2n) is 6.11. The van der Waals surface area contributed by atoms with Crippen molar-refractivity contribution in [1.82, 2.24) is 15.6 Å². The smallest absolute Gasteiger partial charge is 0.216 e. The van der Waals surface area contributed by atoms with E-state index in [4.69, 9.17) is 9.15 Å². The van der Waals surface area contributed by atoms with Gasteiger partial charge in [-0.15, -0.1) is 0 Å². The summed E-state index contributed by atoms with van der Waals surface area (Å²) in [6, 6.07) is 7.74. The molecule has 0 aliphatic rings. The summed E-state index contributed by atoms with van der Waals surface area (Å²) >= 11 is 0. The zero-order chi connectivity index (χ0) is 18.9. The molecule has 0 bridgehead atoms. The first-order chi connectivity index (χ1) is 12.5. The predicted octanol–water partition coefficient (Wildman–Crippen LogP) is 2.09. The van der Waals surface area contributed by atoms with Crippen LogP contribution >= 0.6 is 0 Å². The van der Waals surface area contributed by atoms with Crippen molar-refractivity contribution >= 4 is 5.96 Å². The van der Waals surface area contributed by atoms with E-state index in [0.29, 0.717) is 31.5 Å². The Hall–Kier alpha value is -2.54. The third kappa shape index (κ3) is 6.40. The lowest BCUT2D eigenvalue weighted by atomic mass is 10.2. The van der Waals surface area contributed by atoms with Gasteiger partial charge in [0, 0.05) is 13.1 Å². The molecule has 26 heavy (non-hydrogen) atoms. The number of oxazole rings is 1. The van der Waals surface area contributed by atoms with E-state index >= 15 is 0 Å². The summed E-state index contributed by atoms with van der Waals surface area (Å²) in [4.78, 5) is 8.74. The van der Waals surface area contributed by atoms with E-state index < -0.39 is 6.10 Å². The standard InChI is InChI=1S/C19H28N4O3/c1-5-20-19(22-11-18-23-14(3)15(4)26-18)21-10-16(24)12-25-17-8-6-7-13(2)9-17/h6-9,16,24H,5,10-12H2,1-4H3,(H2,20,21,22). The first kappa shape index (κ1) is 19.8. The monoisotopic (exact) mass is 360 g/mol. The van der Waals surface area contributed by atoms with Crippen molar-refractivity contribution in [3.63, 3.8) is 0 Å². The number of aliphatic hydroxyl groups is 1. The van der Waals surface area contributed by atoms with Crippen molar-refractivity contribution in [2.75, 3.05) is 19.7 Å². The number of rotatable bonds is 8. The van der Waals surface area contributed by atoms with Crippen LogP contribution in [0, 0.1) is 20.8 Å². The van der Waals surface area contributed by atoms with Crippen LogP contribution in [0.25, 0.3) is 0 Å². The minimum absolute atomic E-state index is 0.202. The van der Waals surface area contributed by atoms with Crippen molar-refractivity contribution in [1.29, 1.82) is 0 Å². The van der Waals surface area contributed by atoms with Gasteiger partial charge in [0.15, 0.2) is 5.96 Å². The number of aliphatic imine (C=N–C) groups is 1. The summed E-state index contributed by atoms with van der Waals surface area (Å²) in [5.41, 5.74) is 1.99. The van der Waals surface area contributed by atoms with Crippen molar-refractivity contribution in [2.45, 2.75) is 40.3 Å². The fraction of sp³-hybridized carbons (Fsp3) is 0.474. The van der Waals surface area contributed by atoms with Gasteiger partial charge in [-0.2, -0.15) is 0 Å². The molecule has 142 valence electrons. The normalized spacial score (nSPS) is 12.7. The van der Waals surface area contributed by atoms with Crippen molar-refractivity contribution in [2.24, 2.45) is 4.99 Å². The molecule has 0 saturated heterocycles. The summed E-state index contributed by atoms with van der Waals surface area (Å²) in [7, 11) is 0. The van der Waals surface area contributed by atoms with Crippen LogP contribution in [-0.2, 0) is 6.54 Å². The fourth-order valence-electron chi connectivity index (χ4n) is 2.27. The van der Waals surface area contributed by atoms with Crippen LogP contribution in [0.4, 0.5) is 0 Å². The van der Waals surface area contributed by atoms with Crippen LogP contribution in [0.5, 0.6) is 5.75 Å². The summed E-state index contributed by atoms with van der Waals surface area (Å²) in [5, 5.41) is 16.3. The number of nitrogens with one attached hydrogen (secondary N) is 2. The molecule has 7 heteroatoms. The molecule has 3 N–H and O–H groups in total. The highest BCUT2D eigenvalue weighted by molar-refractivity contribution is 5.79. The van der Waals surface area contributed by atoms with Crippen LogP contribution < -0.4 is 15.4 Å². The molecule has 0 radical (unpaired) electrons. The summed E-state index contributed by atoms with van der Waals surface area (Å²) in [6.45, 7) is 9.33. The molecule has 0 saturated carbocycles. The maximum Gasteiger partial charge on any atom is 0.216 e. The molecule has 0 aliphatic carbocycles. The lowest BCUT2D eigenvalue weighted by Crippen LogP contribution is -2.42. The fourth-order valence-corrected chi connectivity index (χ4v) is 2.27. The average molecular weight is 360 g/mol. The first-order valence-electron chi connectivity index (χ1n) is 8.80. The second-order valence-corrected chi connectivity index (χ2v) is 6.11. The van der Waals surface area contributed by atoms with E-state index in [2.05, 4.69) is 20.6 Å². The van der Waals surface area contributed by atoms with Gasteiger partial charge in [0.05, 0.1) is 5.69 Å². The average Bonchev–Trinajstić information content (AvgIpc) is 2.93. The largest absolute Gasteiger partial charge is 0.491 e. The second kappa shape index (κ2) is 9.82. The molecule has 0 fully saturated rings. The molecular formula is C19H28N4O3. The van der Waals surface area contributed by atoms with Crippen molar-refractivity contribution in [3.8, 4) is 5.75 Å². The van der Waals surface area contributed by atoms with Crippen molar-refractivity contribution in [3.05, 3.63) is 47.2 Å². The Bertz CT molecular complexity index is 708. The lowest BCUT2D eigenvalue weighted by molar-refractivity contribution is 0.110. The molecule has 1 unspecified atom stereocenters. The summed E-state index contributed by atoms with van der Waals surface area (Å²) in [5.74, 6) is 2.72. The highest BCUT2D eigenvalue weighted by Crippen LogP contribution is 2.12. The van der Waals surface area contributed by atoms with E-state index in [-0.39, 0.29) is 6.61 Å². The maximum absolute atomic E-state index is 10.1. The highest BCUT2D eigenvalue weighted by Gasteiger charge is 2.08. The molecule has 1 aromatic carbocycles. The minimum Gasteiger partial charge on any atom is -0.491 e. The van der Waals surface area contributed by atoms with Crippen LogP contribution in [0.2, 0.25) is 0 Å². The van der Waals surface area contributed by atoms with Gasteiger partial charge in [-0.25, -0.2) is 9.98 Å². The van der Waals surface area contributed by atoms with Gasteiger partial charge in [0.1, 0.15) is 30.8 Å². The Kier molecular flexibility index (Phi) is 7.47. The van der Waals surface area contributed by atoms with Crippen LogP contribution in [0.1, 0.15) is 29.8 Å². The van der Waals surface area contributed by atoms with Crippen LogP contribution in [0.15, 0.2) is 33.7 Å². The molecule has 1 aromatic heterocycles. The van der Waals surface area contributed by atoms with Gasteiger partial charge in [0.25, 0.3) is 0 Å². The van der Waals surface area contributed by atoms with E-state index in [9.17, 15) is 5.11 Å². The molecule has 0 amide bonds. The molecule has 2 rings (SSSR count). The first-order valence-corrected chi connectivity index (χ1v) is 8.80. The SMILES string of the molecule is CCNC(=NCc1nc(C)c(C)o1)NCC(O)COc1cccc(C)c1. The summed E-state index contributed by atoms with van der Waals surface area (Å²) in [6.07, 6.45) is -0.661. The number of guanidine groups is 1. The molecule has 0 aliphatic heterocycles. The molecule has 0 spiro atoms. The third-order valence-corrected chi connectivity index (χ3v) is 3.73. The Labute approximate surface area is 154 Å². The van der Waals surface area contributed by atoms with E-state index in [1.54, 1.807) is 0 Å². The van der Waals surface area contributed by atoms with Gasteiger partial charge in [-0.05, 0) is 45.4 Å². The number of aliphatic hydroxyl groups excluding tert-OH is 1. The van der Waals surface area contributed by atoms with Gasteiger partial charge >= 0.3 is 0 Å².